The molecule has 1 fully saturated rings. The fourth-order valence-corrected chi connectivity index (χ4v) is 4.35. The number of nitrogens with zero attached hydrogens (tertiary/aromatic N) is 1. The SMILES string of the molecule is COc1ccccc1CN1C(=O)C(=O)/C(=C(\O)c2cc(C)cc(C)c2OC)C1c1ccco1. The first-order valence-corrected chi connectivity index (χ1v) is 10.5. The van der Waals surface area contributed by atoms with Gasteiger partial charge >= 0.3 is 0 Å². The first-order valence-electron chi connectivity index (χ1n) is 10.5. The number of aliphatic hydroxyl groups is 1. The number of hydrogen-bond donors (Lipinski definition) is 1. The van der Waals surface area contributed by atoms with Gasteiger partial charge in [-0.05, 0) is 49.2 Å². The Morgan fingerprint density at radius 1 is 1.06 bits per heavy atom. The van der Waals surface area contributed by atoms with Gasteiger partial charge in [-0.1, -0.05) is 24.3 Å². The van der Waals surface area contributed by atoms with E-state index in [1.54, 1.807) is 31.4 Å². The molecule has 1 aliphatic rings. The van der Waals surface area contributed by atoms with E-state index in [0.717, 1.165) is 16.7 Å². The van der Waals surface area contributed by atoms with Crippen LogP contribution in [0.25, 0.3) is 5.76 Å². The van der Waals surface area contributed by atoms with Gasteiger partial charge in [0.15, 0.2) is 0 Å². The van der Waals surface area contributed by atoms with Crippen molar-refractivity contribution in [1.29, 1.82) is 0 Å². The molecule has 0 bridgehead atoms. The van der Waals surface area contributed by atoms with E-state index < -0.39 is 17.7 Å². The number of carbonyl (C=O) groups excluding carboxylic acids is 2. The molecular weight excluding hydrogens is 422 g/mol. The van der Waals surface area contributed by atoms with E-state index in [2.05, 4.69) is 0 Å². The molecule has 1 aromatic heterocycles. The van der Waals surface area contributed by atoms with Crippen LogP contribution in [0.15, 0.2) is 64.8 Å². The van der Waals surface area contributed by atoms with Gasteiger partial charge in [0.05, 0.1) is 38.2 Å². The van der Waals surface area contributed by atoms with E-state index in [1.807, 2.05) is 38.1 Å². The minimum atomic E-state index is -0.907. The van der Waals surface area contributed by atoms with Crippen molar-refractivity contribution in [3.05, 3.63) is 88.4 Å². The molecule has 7 heteroatoms. The van der Waals surface area contributed by atoms with Crippen LogP contribution in [0.3, 0.4) is 0 Å². The third-order valence-corrected chi connectivity index (χ3v) is 5.76. The number of amides is 1. The van der Waals surface area contributed by atoms with E-state index in [0.29, 0.717) is 22.8 Å². The third-order valence-electron chi connectivity index (χ3n) is 5.76. The van der Waals surface area contributed by atoms with Gasteiger partial charge < -0.3 is 23.9 Å². The van der Waals surface area contributed by atoms with Crippen molar-refractivity contribution in [2.45, 2.75) is 26.4 Å². The highest BCUT2D eigenvalue weighted by Crippen LogP contribution is 2.43. The number of Topliss-reactive ketones (excluding diaryl/α,β-unsaturated/α-hetero) is 1. The number of para-hydroxylation sites is 1. The highest BCUT2D eigenvalue weighted by Gasteiger charge is 2.48. The van der Waals surface area contributed by atoms with E-state index in [1.165, 1.54) is 18.3 Å². The van der Waals surface area contributed by atoms with Gasteiger partial charge in [-0.15, -0.1) is 0 Å². The number of likely N-dealkylation sites (tertiary alicyclic amines) is 1. The summed E-state index contributed by atoms with van der Waals surface area (Å²) in [6, 6.07) is 13.4. The molecule has 170 valence electrons. The average Bonchev–Trinajstić information content (AvgIpc) is 3.41. The third kappa shape index (κ3) is 3.86. The summed E-state index contributed by atoms with van der Waals surface area (Å²) in [4.78, 5) is 27.8. The van der Waals surface area contributed by atoms with Crippen LogP contribution in [0.2, 0.25) is 0 Å². The maximum atomic E-state index is 13.2. The highest BCUT2D eigenvalue weighted by molar-refractivity contribution is 6.46. The number of hydrogen-bond acceptors (Lipinski definition) is 6. The van der Waals surface area contributed by atoms with Crippen LogP contribution < -0.4 is 9.47 Å². The Morgan fingerprint density at radius 3 is 2.48 bits per heavy atom. The second kappa shape index (κ2) is 8.86. The van der Waals surface area contributed by atoms with Crippen molar-refractivity contribution in [3.8, 4) is 11.5 Å². The van der Waals surface area contributed by atoms with Crippen molar-refractivity contribution >= 4 is 17.4 Å². The topological polar surface area (TPSA) is 89.2 Å². The Morgan fingerprint density at radius 2 is 1.82 bits per heavy atom. The van der Waals surface area contributed by atoms with Crippen molar-refractivity contribution in [2.24, 2.45) is 0 Å². The fraction of sp³-hybridized carbons (Fsp3) is 0.231. The largest absolute Gasteiger partial charge is 0.507 e. The summed E-state index contributed by atoms with van der Waals surface area (Å²) >= 11 is 0. The molecule has 2 heterocycles. The van der Waals surface area contributed by atoms with Crippen molar-refractivity contribution in [3.63, 3.8) is 0 Å². The lowest BCUT2D eigenvalue weighted by Gasteiger charge is -2.24. The predicted molar refractivity (Wildman–Crippen MR) is 122 cm³/mol. The summed E-state index contributed by atoms with van der Waals surface area (Å²) in [6.45, 7) is 3.83. The van der Waals surface area contributed by atoms with E-state index in [9.17, 15) is 14.7 Å². The maximum Gasteiger partial charge on any atom is 0.296 e. The van der Waals surface area contributed by atoms with Crippen molar-refractivity contribution in [2.75, 3.05) is 14.2 Å². The smallest absolute Gasteiger partial charge is 0.296 e. The number of ether oxygens (including phenoxy) is 2. The first-order chi connectivity index (χ1) is 15.9. The molecule has 1 aliphatic heterocycles. The van der Waals surface area contributed by atoms with Crippen LogP contribution in [0.1, 0.15) is 34.1 Å². The van der Waals surface area contributed by atoms with Crippen LogP contribution >= 0.6 is 0 Å². The van der Waals surface area contributed by atoms with Gasteiger partial charge in [-0.2, -0.15) is 0 Å². The van der Waals surface area contributed by atoms with Gasteiger partial charge in [0.1, 0.15) is 29.1 Å². The van der Waals surface area contributed by atoms with E-state index in [-0.39, 0.29) is 17.9 Å². The summed E-state index contributed by atoms with van der Waals surface area (Å²) in [5.74, 6) is -0.423. The second-order valence-electron chi connectivity index (χ2n) is 7.92. The Labute approximate surface area is 191 Å². The number of ketones is 1. The van der Waals surface area contributed by atoms with E-state index in [4.69, 9.17) is 13.9 Å². The normalized spacial score (nSPS) is 17.5. The zero-order valence-corrected chi connectivity index (χ0v) is 18.9. The molecule has 1 amide bonds. The van der Waals surface area contributed by atoms with Crippen LogP contribution in [-0.4, -0.2) is 35.9 Å². The number of benzene rings is 2. The molecule has 0 saturated carbocycles. The molecule has 33 heavy (non-hydrogen) atoms. The van der Waals surface area contributed by atoms with Gasteiger partial charge in [0, 0.05) is 5.56 Å². The minimum Gasteiger partial charge on any atom is -0.507 e. The van der Waals surface area contributed by atoms with Crippen molar-refractivity contribution < 1.29 is 28.6 Å². The van der Waals surface area contributed by atoms with Crippen molar-refractivity contribution in [1.82, 2.24) is 4.90 Å². The zero-order chi connectivity index (χ0) is 23.7. The maximum absolute atomic E-state index is 13.2. The van der Waals surface area contributed by atoms with Crippen LogP contribution in [0, 0.1) is 13.8 Å². The number of methoxy groups -OCH3 is 2. The summed E-state index contributed by atoms with van der Waals surface area (Å²) < 4.78 is 16.5. The average molecular weight is 447 g/mol. The number of rotatable bonds is 6. The number of carbonyl (C=O) groups is 2. The molecule has 1 atom stereocenters. The highest BCUT2D eigenvalue weighted by atomic mass is 16.5. The number of furan rings is 1. The summed E-state index contributed by atoms with van der Waals surface area (Å²) in [5, 5.41) is 11.4. The minimum absolute atomic E-state index is 0.0480. The number of aryl methyl sites for hydroxylation is 2. The van der Waals surface area contributed by atoms with Gasteiger partial charge in [-0.25, -0.2) is 0 Å². The fourth-order valence-electron chi connectivity index (χ4n) is 4.35. The predicted octanol–water partition coefficient (Wildman–Crippen LogP) is 4.54. The molecular formula is C26H25NO6. The molecule has 4 rings (SSSR count). The summed E-state index contributed by atoms with van der Waals surface area (Å²) in [7, 11) is 3.04. The van der Waals surface area contributed by atoms with E-state index >= 15 is 0 Å². The lowest BCUT2D eigenvalue weighted by atomic mass is 9.96. The molecule has 7 nitrogen and oxygen atoms in total. The molecule has 2 aromatic carbocycles. The van der Waals surface area contributed by atoms with Crippen LogP contribution in [0.4, 0.5) is 0 Å². The summed E-state index contributed by atoms with van der Waals surface area (Å²) in [5.41, 5.74) is 2.71. The standard InChI is InChI=1S/C26H25NO6/c1-15-12-16(2)25(32-4)18(13-15)23(28)21-22(20-10-7-11-33-20)27(26(30)24(21)29)14-17-8-5-6-9-19(17)31-3/h5-13,22,28H,14H2,1-4H3/b23-21-. The lowest BCUT2D eigenvalue weighted by Crippen LogP contribution is -2.29. The molecule has 1 saturated heterocycles. The lowest BCUT2D eigenvalue weighted by molar-refractivity contribution is -0.140. The van der Waals surface area contributed by atoms with Gasteiger partial charge in [-0.3, -0.25) is 9.59 Å². The second-order valence-corrected chi connectivity index (χ2v) is 7.92. The Balaban J connectivity index is 1.90. The quantitative estimate of drug-likeness (QED) is 0.339. The molecule has 0 radical (unpaired) electrons. The molecule has 0 spiro atoms. The number of aliphatic hydroxyl groups excluding tert-OH is 1. The molecule has 3 aromatic rings. The van der Waals surface area contributed by atoms with Crippen LogP contribution in [-0.2, 0) is 16.1 Å². The summed E-state index contributed by atoms with van der Waals surface area (Å²) in [6.07, 6.45) is 1.47. The van der Waals surface area contributed by atoms with Gasteiger partial charge in [0.25, 0.3) is 11.7 Å². The molecule has 1 N–H and O–H groups in total. The Hall–Kier alpha value is -4.00. The first kappa shape index (κ1) is 22.2. The Bertz CT molecular complexity index is 1240. The monoisotopic (exact) mass is 447 g/mol. The Kier molecular flexibility index (Phi) is 5.96. The van der Waals surface area contributed by atoms with Crippen LogP contribution in [0.5, 0.6) is 11.5 Å². The zero-order valence-electron chi connectivity index (χ0n) is 18.9. The molecule has 0 aliphatic carbocycles. The van der Waals surface area contributed by atoms with Gasteiger partial charge in [0.2, 0.25) is 0 Å². The molecule has 1 unspecified atom stereocenters.